The first-order valence-electron chi connectivity index (χ1n) is 9.41. The summed E-state index contributed by atoms with van der Waals surface area (Å²) < 4.78 is 27.0. The highest BCUT2D eigenvalue weighted by atomic mass is 32.2. The second kappa shape index (κ2) is 9.28. The van der Waals surface area contributed by atoms with E-state index >= 15 is 0 Å². The van der Waals surface area contributed by atoms with Gasteiger partial charge in [-0.3, -0.25) is 9.10 Å². The maximum absolute atomic E-state index is 12.9. The third-order valence-electron chi connectivity index (χ3n) is 4.72. The van der Waals surface area contributed by atoms with Crippen LogP contribution in [0.5, 0.6) is 0 Å². The van der Waals surface area contributed by atoms with Gasteiger partial charge in [-0.2, -0.15) is 0 Å². The van der Waals surface area contributed by atoms with E-state index < -0.39 is 10.0 Å². The van der Waals surface area contributed by atoms with Crippen molar-refractivity contribution in [3.63, 3.8) is 0 Å². The number of amides is 1. The molecule has 7 heteroatoms. The van der Waals surface area contributed by atoms with E-state index in [1.54, 1.807) is 70.8 Å². The van der Waals surface area contributed by atoms with E-state index in [1.807, 2.05) is 24.4 Å². The zero-order chi connectivity index (χ0) is 21.7. The number of hydrogen-bond acceptors (Lipinski definition) is 4. The number of sulfonamides is 1. The molecular formula is C23H24N2O3S2. The Labute approximate surface area is 181 Å². The van der Waals surface area contributed by atoms with Crippen LogP contribution in [0.25, 0.3) is 0 Å². The van der Waals surface area contributed by atoms with E-state index in [1.165, 1.54) is 11.4 Å². The van der Waals surface area contributed by atoms with E-state index in [0.717, 1.165) is 10.4 Å². The molecule has 0 aliphatic rings. The summed E-state index contributed by atoms with van der Waals surface area (Å²) in [6, 6.07) is 17.3. The smallest absolute Gasteiger partial charge is 0.264 e. The lowest BCUT2D eigenvalue weighted by molar-refractivity contribution is 0.0764. The predicted octanol–water partition coefficient (Wildman–Crippen LogP) is 4.71. The Balaban J connectivity index is 1.79. The molecule has 0 N–H and O–H groups in total. The third kappa shape index (κ3) is 4.80. The molecule has 30 heavy (non-hydrogen) atoms. The molecule has 0 aliphatic carbocycles. The maximum atomic E-state index is 12.9. The average Bonchev–Trinajstić information content (AvgIpc) is 3.26. The van der Waals surface area contributed by atoms with Crippen LogP contribution in [0.3, 0.4) is 0 Å². The van der Waals surface area contributed by atoms with Crippen molar-refractivity contribution < 1.29 is 13.2 Å². The van der Waals surface area contributed by atoms with Crippen molar-refractivity contribution in [2.45, 2.75) is 18.4 Å². The Bertz CT molecular complexity index is 1100. The van der Waals surface area contributed by atoms with Crippen molar-refractivity contribution in [2.24, 2.45) is 0 Å². The van der Waals surface area contributed by atoms with Gasteiger partial charge in [-0.25, -0.2) is 8.42 Å². The van der Waals surface area contributed by atoms with E-state index in [4.69, 9.17) is 0 Å². The van der Waals surface area contributed by atoms with Crippen molar-refractivity contribution in [3.05, 3.63) is 94.7 Å². The average molecular weight is 441 g/mol. The van der Waals surface area contributed by atoms with Crippen LogP contribution in [0.15, 0.2) is 83.6 Å². The lowest BCUT2D eigenvalue weighted by Gasteiger charge is -2.22. The second-order valence-electron chi connectivity index (χ2n) is 6.89. The van der Waals surface area contributed by atoms with E-state index in [9.17, 15) is 13.2 Å². The van der Waals surface area contributed by atoms with Crippen LogP contribution in [-0.4, -0.2) is 32.8 Å². The van der Waals surface area contributed by atoms with Gasteiger partial charge in [0, 0.05) is 24.0 Å². The van der Waals surface area contributed by atoms with Gasteiger partial charge in [-0.15, -0.1) is 17.9 Å². The summed E-state index contributed by atoms with van der Waals surface area (Å²) in [7, 11) is -2.17. The summed E-state index contributed by atoms with van der Waals surface area (Å²) in [5.74, 6) is -0.126. The summed E-state index contributed by atoms with van der Waals surface area (Å²) in [5.41, 5.74) is 1.98. The molecule has 0 spiro atoms. The SMILES string of the molecule is C=CCN(Cc1cccs1)C(=O)c1ccc(N(C)S(=O)(=O)c2ccc(C)cc2)cc1. The van der Waals surface area contributed by atoms with E-state index in [2.05, 4.69) is 6.58 Å². The minimum atomic E-state index is -3.68. The molecular weight excluding hydrogens is 416 g/mol. The first-order chi connectivity index (χ1) is 14.3. The van der Waals surface area contributed by atoms with Gasteiger partial charge < -0.3 is 4.90 Å². The molecule has 0 saturated heterocycles. The van der Waals surface area contributed by atoms with Gasteiger partial charge in [0.2, 0.25) is 0 Å². The largest absolute Gasteiger partial charge is 0.330 e. The van der Waals surface area contributed by atoms with Crippen LogP contribution >= 0.6 is 11.3 Å². The van der Waals surface area contributed by atoms with Gasteiger partial charge in [0.1, 0.15) is 0 Å². The van der Waals surface area contributed by atoms with Crippen molar-refractivity contribution in [1.29, 1.82) is 0 Å². The predicted molar refractivity (Wildman–Crippen MR) is 122 cm³/mol. The lowest BCUT2D eigenvalue weighted by atomic mass is 10.1. The number of carbonyl (C=O) groups is 1. The highest BCUT2D eigenvalue weighted by molar-refractivity contribution is 7.92. The molecule has 0 radical (unpaired) electrons. The Morgan fingerprint density at radius 2 is 1.73 bits per heavy atom. The minimum absolute atomic E-state index is 0.126. The molecule has 0 atom stereocenters. The van der Waals surface area contributed by atoms with Crippen LogP contribution in [0, 0.1) is 6.92 Å². The van der Waals surface area contributed by atoms with Gasteiger partial charge in [-0.05, 0) is 54.8 Å². The summed E-state index contributed by atoms with van der Waals surface area (Å²) in [5, 5.41) is 1.98. The van der Waals surface area contributed by atoms with Crippen molar-refractivity contribution in [3.8, 4) is 0 Å². The fourth-order valence-electron chi connectivity index (χ4n) is 2.97. The Morgan fingerprint density at radius 1 is 1.07 bits per heavy atom. The number of nitrogens with zero attached hydrogens (tertiary/aromatic N) is 2. The maximum Gasteiger partial charge on any atom is 0.264 e. The quantitative estimate of drug-likeness (QED) is 0.477. The van der Waals surface area contributed by atoms with Crippen molar-refractivity contribution in [2.75, 3.05) is 17.9 Å². The first kappa shape index (κ1) is 21.8. The normalized spacial score (nSPS) is 11.1. The molecule has 0 aliphatic heterocycles. The Hall–Kier alpha value is -2.90. The van der Waals surface area contributed by atoms with E-state index in [0.29, 0.717) is 24.3 Å². The number of hydrogen-bond donors (Lipinski definition) is 0. The summed E-state index contributed by atoms with van der Waals surface area (Å²) in [4.78, 5) is 16.0. The highest BCUT2D eigenvalue weighted by Gasteiger charge is 2.22. The number of aryl methyl sites for hydroxylation is 1. The molecule has 0 fully saturated rings. The second-order valence-corrected chi connectivity index (χ2v) is 9.89. The van der Waals surface area contributed by atoms with Gasteiger partial charge in [0.15, 0.2) is 0 Å². The van der Waals surface area contributed by atoms with Gasteiger partial charge in [0.05, 0.1) is 17.1 Å². The number of anilines is 1. The molecule has 2 aromatic carbocycles. The topological polar surface area (TPSA) is 57.7 Å². The Kier molecular flexibility index (Phi) is 6.74. The van der Waals surface area contributed by atoms with Crippen LogP contribution in [-0.2, 0) is 16.6 Å². The summed E-state index contributed by atoms with van der Waals surface area (Å²) in [6.07, 6.45) is 1.70. The summed E-state index contributed by atoms with van der Waals surface area (Å²) >= 11 is 1.60. The van der Waals surface area contributed by atoms with Crippen LogP contribution < -0.4 is 4.31 Å². The summed E-state index contributed by atoms with van der Waals surface area (Å²) in [6.45, 7) is 6.58. The minimum Gasteiger partial charge on any atom is -0.330 e. The molecule has 3 rings (SSSR count). The monoisotopic (exact) mass is 440 g/mol. The molecule has 5 nitrogen and oxygen atoms in total. The third-order valence-corrected chi connectivity index (χ3v) is 7.38. The molecule has 1 amide bonds. The molecule has 1 heterocycles. The Morgan fingerprint density at radius 3 is 2.30 bits per heavy atom. The lowest BCUT2D eigenvalue weighted by Crippen LogP contribution is -2.30. The van der Waals surface area contributed by atoms with Crippen molar-refractivity contribution >= 4 is 33.0 Å². The van der Waals surface area contributed by atoms with E-state index in [-0.39, 0.29) is 10.8 Å². The number of benzene rings is 2. The fourth-order valence-corrected chi connectivity index (χ4v) is 4.88. The molecule has 1 aromatic heterocycles. The van der Waals surface area contributed by atoms with Gasteiger partial charge >= 0.3 is 0 Å². The van der Waals surface area contributed by atoms with Crippen LogP contribution in [0.2, 0.25) is 0 Å². The molecule has 0 saturated carbocycles. The van der Waals surface area contributed by atoms with Crippen molar-refractivity contribution in [1.82, 2.24) is 4.90 Å². The molecule has 0 bridgehead atoms. The molecule has 156 valence electrons. The zero-order valence-corrected chi connectivity index (χ0v) is 18.6. The highest BCUT2D eigenvalue weighted by Crippen LogP contribution is 2.23. The van der Waals surface area contributed by atoms with Crippen LogP contribution in [0.4, 0.5) is 5.69 Å². The first-order valence-corrected chi connectivity index (χ1v) is 11.7. The van der Waals surface area contributed by atoms with Gasteiger partial charge in [-0.1, -0.05) is 29.8 Å². The number of thiophene rings is 1. The van der Waals surface area contributed by atoms with Gasteiger partial charge in [0.25, 0.3) is 15.9 Å². The van der Waals surface area contributed by atoms with Crippen LogP contribution in [0.1, 0.15) is 20.8 Å². The number of rotatable bonds is 8. The molecule has 3 aromatic rings. The zero-order valence-electron chi connectivity index (χ0n) is 17.0. The number of carbonyl (C=O) groups excluding carboxylic acids is 1. The standard InChI is InChI=1S/C23H24N2O3S2/c1-4-15-25(17-21-6-5-16-29-21)23(26)19-9-11-20(12-10-19)24(3)30(27,28)22-13-7-18(2)8-14-22/h4-14,16H,1,15,17H2,2-3H3. The molecule has 0 unspecified atom stereocenters. The fraction of sp³-hybridized carbons (Fsp3) is 0.174.